The lowest BCUT2D eigenvalue weighted by atomic mass is 10.1. The molecule has 0 heterocycles. The van der Waals surface area contributed by atoms with Gasteiger partial charge in [0.05, 0.1) is 16.9 Å². The summed E-state index contributed by atoms with van der Waals surface area (Å²) in [6, 6.07) is 8.29. The Morgan fingerprint density at radius 3 is 2.36 bits per heavy atom. The second-order valence-electron chi connectivity index (χ2n) is 4.64. The zero-order valence-corrected chi connectivity index (χ0v) is 11.5. The zero-order valence-electron chi connectivity index (χ0n) is 11.5. The molecule has 0 bridgehead atoms. The lowest BCUT2D eigenvalue weighted by molar-refractivity contribution is -0.136. The Morgan fingerprint density at radius 2 is 1.68 bits per heavy atom. The average Bonchev–Trinajstić information content (AvgIpc) is 2.42. The normalized spacial score (nSPS) is 11.1. The van der Waals surface area contributed by atoms with E-state index in [9.17, 15) is 23.1 Å². The van der Waals surface area contributed by atoms with Crippen LogP contribution in [0.3, 0.4) is 0 Å². The Labute approximate surface area is 124 Å². The summed E-state index contributed by atoms with van der Waals surface area (Å²) in [6.45, 7) is 1.75. The molecule has 0 atom stereocenters. The van der Waals surface area contributed by atoms with E-state index in [0.717, 1.165) is 17.7 Å². The van der Waals surface area contributed by atoms with Crippen molar-refractivity contribution in [2.45, 2.75) is 13.1 Å². The number of aromatic hydroxyl groups is 1. The van der Waals surface area contributed by atoms with Crippen molar-refractivity contribution in [3.63, 3.8) is 0 Å². The highest BCUT2D eigenvalue weighted by atomic mass is 19.4. The maximum atomic E-state index is 12.8. The molecular formula is C15H13F3N2O2. The number of para-hydroxylation sites is 1. The van der Waals surface area contributed by atoms with Gasteiger partial charge in [-0.2, -0.15) is 13.2 Å². The summed E-state index contributed by atoms with van der Waals surface area (Å²) in [6.07, 6.45) is -4.57. The van der Waals surface area contributed by atoms with Crippen molar-refractivity contribution in [1.82, 2.24) is 0 Å². The van der Waals surface area contributed by atoms with E-state index in [1.807, 2.05) is 0 Å². The van der Waals surface area contributed by atoms with Crippen LogP contribution in [0.1, 0.15) is 11.1 Å². The lowest BCUT2D eigenvalue weighted by Gasteiger charge is -2.14. The maximum absolute atomic E-state index is 12.8. The van der Waals surface area contributed by atoms with Crippen LogP contribution in [0.15, 0.2) is 42.5 Å². The summed E-state index contributed by atoms with van der Waals surface area (Å²) in [7, 11) is 0. The molecule has 2 amide bonds. The van der Waals surface area contributed by atoms with Crippen LogP contribution in [0.5, 0.6) is 5.75 Å². The Bertz CT molecular complexity index is 699. The number of carbonyl (C=O) groups is 1. The van der Waals surface area contributed by atoms with Gasteiger partial charge in [0, 0.05) is 0 Å². The summed E-state index contributed by atoms with van der Waals surface area (Å²) in [5.74, 6) is -0.176. The zero-order chi connectivity index (χ0) is 16.3. The van der Waals surface area contributed by atoms with Gasteiger partial charge in [0.15, 0.2) is 0 Å². The minimum Gasteiger partial charge on any atom is -0.506 e. The predicted octanol–water partition coefficient (Wildman–Crippen LogP) is 4.36. The number of carbonyl (C=O) groups excluding carboxylic acids is 1. The molecule has 2 rings (SSSR count). The van der Waals surface area contributed by atoms with E-state index < -0.39 is 17.8 Å². The summed E-state index contributed by atoms with van der Waals surface area (Å²) >= 11 is 0. The van der Waals surface area contributed by atoms with Crippen LogP contribution in [0.4, 0.5) is 29.3 Å². The third-order valence-corrected chi connectivity index (χ3v) is 2.88. The van der Waals surface area contributed by atoms with Crippen molar-refractivity contribution in [2.75, 3.05) is 10.6 Å². The van der Waals surface area contributed by atoms with Gasteiger partial charge in [0.2, 0.25) is 0 Å². The van der Waals surface area contributed by atoms with Crippen molar-refractivity contribution < 1.29 is 23.1 Å². The second kappa shape index (κ2) is 5.97. The Kier molecular flexibility index (Phi) is 4.25. The number of anilines is 2. The molecule has 0 aliphatic rings. The fourth-order valence-electron chi connectivity index (χ4n) is 1.87. The Balaban J connectivity index is 2.18. The summed E-state index contributed by atoms with van der Waals surface area (Å²) in [5.41, 5.74) is -0.413. The highest BCUT2D eigenvalue weighted by Crippen LogP contribution is 2.34. The third-order valence-electron chi connectivity index (χ3n) is 2.88. The first-order chi connectivity index (χ1) is 10.3. The van der Waals surface area contributed by atoms with E-state index in [2.05, 4.69) is 10.6 Å². The van der Waals surface area contributed by atoms with E-state index in [1.165, 1.54) is 24.3 Å². The SMILES string of the molecule is Cc1ccc(O)c(NC(=O)Nc2ccccc2C(F)(F)F)c1. The standard InChI is InChI=1S/C15H13F3N2O2/c1-9-6-7-13(21)12(8-9)20-14(22)19-11-5-3-2-4-10(11)15(16,17)18/h2-8,21H,1H3,(H2,19,20,22). The van der Waals surface area contributed by atoms with Gasteiger partial charge in [-0.15, -0.1) is 0 Å². The number of aryl methyl sites for hydroxylation is 1. The van der Waals surface area contributed by atoms with Gasteiger partial charge in [-0.3, -0.25) is 0 Å². The summed E-state index contributed by atoms with van der Waals surface area (Å²) < 4.78 is 38.5. The van der Waals surface area contributed by atoms with Gasteiger partial charge in [-0.25, -0.2) is 4.79 Å². The number of phenols is 1. The molecule has 2 aromatic carbocycles. The number of phenolic OH excluding ortho intramolecular Hbond substituents is 1. The van der Waals surface area contributed by atoms with Crippen LogP contribution in [-0.2, 0) is 6.18 Å². The van der Waals surface area contributed by atoms with Crippen molar-refractivity contribution in [3.05, 3.63) is 53.6 Å². The molecule has 0 unspecified atom stereocenters. The molecule has 2 aromatic rings. The molecular weight excluding hydrogens is 297 g/mol. The topological polar surface area (TPSA) is 61.4 Å². The van der Waals surface area contributed by atoms with Crippen LogP contribution < -0.4 is 10.6 Å². The summed E-state index contributed by atoms with van der Waals surface area (Å²) in [4.78, 5) is 11.8. The number of benzene rings is 2. The number of hydrogen-bond acceptors (Lipinski definition) is 2. The van der Waals surface area contributed by atoms with Crippen molar-refractivity contribution in [3.8, 4) is 5.75 Å². The highest BCUT2D eigenvalue weighted by Gasteiger charge is 2.33. The predicted molar refractivity (Wildman–Crippen MR) is 76.9 cm³/mol. The fraction of sp³-hybridized carbons (Fsp3) is 0.133. The van der Waals surface area contributed by atoms with Crippen LogP contribution >= 0.6 is 0 Å². The molecule has 0 radical (unpaired) electrons. The summed E-state index contributed by atoms with van der Waals surface area (Å²) in [5, 5.41) is 14.1. The molecule has 116 valence electrons. The van der Waals surface area contributed by atoms with E-state index in [1.54, 1.807) is 13.0 Å². The number of alkyl halides is 3. The molecule has 0 fully saturated rings. The Hall–Kier alpha value is -2.70. The van der Waals surface area contributed by atoms with Crippen LogP contribution in [-0.4, -0.2) is 11.1 Å². The maximum Gasteiger partial charge on any atom is 0.418 e. The second-order valence-corrected chi connectivity index (χ2v) is 4.64. The quantitative estimate of drug-likeness (QED) is 0.722. The van der Waals surface area contributed by atoms with Crippen molar-refractivity contribution in [2.24, 2.45) is 0 Å². The van der Waals surface area contributed by atoms with Gasteiger partial charge < -0.3 is 15.7 Å². The molecule has 0 aliphatic heterocycles. The number of urea groups is 1. The Morgan fingerprint density at radius 1 is 1.05 bits per heavy atom. The van der Waals surface area contributed by atoms with Gasteiger partial charge in [-0.1, -0.05) is 18.2 Å². The van der Waals surface area contributed by atoms with E-state index in [0.29, 0.717) is 0 Å². The van der Waals surface area contributed by atoms with Gasteiger partial charge in [-0.05, 0) is 36.8 Å². The first kappa shape index (κ1) is 15.7. The van der Waals surface area contributed by atoms with Crippen LogP contribution in [0.25, 0.3) is 0 Å². The third kappa shape index (κ3) is 3.69. The molecule has 0 saturated heterocycles. The molecule has 0 aliphatic carbocycles. The molecule has 4 nitrogen and oxygen atoms in total. The molecule has 7 heteroatoms. The number of nitrogens with one attached hydrogen (secondary N) is 2. The van der Waals surface area contributed by atoms with Crippen molar-refractivity contribution in [1.29, 1.82) is 0 Å². The van der Waals surface area contributed by atoms with E-state index in [-0.39, 0.29) is 17.1 Å². The molecule has 0 saturated carbocycles. The van der Waals surface area contributed by atoms with Gasteiger partial charge >= 0.3 is 12.2 Å². The number of halogens is 3. The molecule has 0 spiro atoms. The fourth-order valence-corrected chi connectivity index (χ4v) is 1.87. The lowest BCUT2D eigenvalue weighted by Crippen LogP contribution is -2.21. The molecule has 22 heavy (non-hydrogen) atoms. The number of amides is 2. The van der Waals surface area contributed by atoms with E-state index in [4.69, 9.17) is 0 Å². The average molecular weight is 310 g/mol. The smallest absolute Gasteiger partial charge is 0.418 e. The minimum atomic E-state index is -4.57. The van der Waals surface area contributed by atoms with Crippen molar-refractivity contribution >= 4 is 17.4 Å². The molecule has 0 aromatic heterocycles. The first-order valence-corrected chi connectivity index (χ1v) is 6.31. The van der Waals surface area contributed by atoms with Crippen LogP contribution in [0.2, 0.25) is 0 Å². The number of hydrogen-bond donors (Lipinski definition) is 3. The van der Waals surface area contributed by atoms with E-state index >= 15 is 0 Å². The largest absolute Gasteiger partial charge is 0.506 e. The first-order valence-electron chi connectivity index (χ1n) is 6.31. The minimum absolute atomic E-state index is 0.113. The molecule has 3 N–H and O–H groups in total. The van der Waals surface area contributed by atoms with Crippen LogP contribution in [0, 0.1) is 6.92 Å². The highest BCUT2D eigenvalue weighted by molar-refractivity contribution is 6.01. The van der Waals surface area contributed by atoms with Gasteiger partial charge in [0.1, 0.15) is 5.75 Å². The number of rotatable bonds is 2. The van der Waals surface area contributed by atoms with Gasteiger partial charge in [0.25, 0.3) is 0 Å². The monoisotopic (exact) mass is 310 g/mol.